The van der Waals surface area contributed by atoms with Crippen LogP contribution in [0.25, 0.3) is 0 Å². The number of carbonyl (C=O) groups is 1. The van der Waals surface area contributed by atoms with Crippen molar-refractivity contribution in [1.82, 2.24) is 10.6 Å². The van der Waals surface area contributed by atoms with Gasteiger partial charge in [-0.3, -0.25) is 4.79 Å². The first kappa shape index (κ1) is 31.8. The summed E-state index contributed by atoms with van der Waals surface area (Å²) < 4.78 is 5.68. The Labute approximate surface area is 221 Å². The van der Waals surface area contributed by atoms with Crippen LogP contribution in [0.2, 0.25) is 0 Å². The number of rotatable bonds is 24. The number of nitrogens with one attached hydrogen (secondary N) is 2. The zero-order valence-corrected chi connectivity index (χ0v) is 23.9. The molecule has 1 rings (SSSR count). The Balaban J connectivity index is 1.77. The zero-order valence-electron chi connectivity index (χ0n) is 23.1. The molecule has 0 bridgehead atoms. The second-order valence-corrected chi connectivity index (χ2v) is 10.6. The zero-order chi connectivity index (χ0) is 25.4. The van der Waals surface area contributed by atoms with Gasteiger partial charge in [0.15, 0.2) is 0 Å². The van der Waals surface area contributed by atoms with Crippen molar-refractivity contribution in [2.45, 2.75) is 124 Å². The first-order valence-electron chi connectivity index (χ1n) is 14.5. The fraction of sp³-hybridized carbons (Fsp3) is 0.767. The van der Waals surface area contributed by atoms with Gasteiger partial charge in [0.05, 0.1) is 12.0 Å². The topological polar surface area (TPSA) is 50.4 Å². The number of unbranched alkanes of at least 4 members (excludes halogenated alkanes) is 15. The lowest BCUT2D eigenvalue weighted by atomic mass is 10.0. The lowest BCUT2D eigenvalue weighted by Crippen LogP contribution is -2.33. The number of amides is 1. The Kier molecular flexibility index (Phi) is 21.1. The highest BCUT2D eigenvalue weighted by Gasteiger charge is 2.05. The fourth-order valence-electron chi connectivity index (χ4n) is 4.23. The second kappa shape index (κ2) is 23.2. The number of aryl methyl sites for hydroxylation is 1. The summed E-state index contributed by atoms with van der Waals surface area (Å²) >= 11 is 1.20. The van der Waals surface area contributed by atoms with Gasteiger partial charge in [-0.1, -0.05) is 115 Å². The molecule has 1 amide bonds. The SMILES string of the molecule is CCCCCCCCCCCCCCCCCCNCCNC(=O)CSOc1cccc(C)c1C. The summed E-state index contributed by atoms with van der Waals surface area (Å²) in [6.45, 7) is 8.92. The van der Waals surface area contributed by atoms with Gasteiger partial charge in [0.25, 0.3) is 0 Å². The molecule has 0 heterocycles. The van der Waals surface area contributed by atoms with Crippen LogP contribution in [0.5, 0.6) is 5.75 Å². The van der Waals surface area contributed by atoms with Crippen LogP contribution in [0.3, 0.4) is 0 Å². The fourth-order valence-corrected chi connectivity index (χ4v) is 4.80. The van der Waals surface area contributed by atoms with E-state index < -0.39 is 0 Å². The highest BCUT2D eigenvalue weighted by atomic mass is 32.2. The van der Waals surface area contributed by atoms with Crippen molar-refractivity contribution in [2.24, 2.45) is 0 Å². The molecular formula is C30H54N2O2S. The number of hydrogen-bond acceptors (Lipinski definition) is 4. The average molecular weight is 507 g/mol. The number of benzene rings is 1. The van der Waals surface area contributed by atoms with E-state index >= 15 is 0 Å². The molecule has 0 aliphatic rings. The molecule has 35 heavy (non-hydrogen) atoms. The molecule has 0 aliphatic carbocycles. The van der Waals surface area contributed by atoms with Gasteiger partial charge in [-0.05, 0) is 44.0 Å². The molecule has 1 aromatic rings. The van der Waals surface area contributed by atoms with E-state index in [9.17, 15) is 4.79 Å². The highest BCUT2D eigenvalue weighted by Crippen LogP contribution is 2.24. The van der Waals surface area contributed by atoms with E-state index in [0.29, 0.717) is 12.3 Å². The van der Waals surface area contributed by atoms with E-state index in [4.69, 9.17) is 4.18 Å². The van der Waals surface area contributed by atoms with Crippen molar-refractivity contribution in [3.8, 4) is 5.75 Å². The van der Waals surface area contributed by atoms with Crippen molar-refractivity contribution in [2.75, 3.05) is 25.4 Å². The van der Waals surface area contributed by atoms with Gasteiger partial charge in [0.2, 0.25) is 5.91 Å². The maximum Gasteiger partial charge on any atom is 0.233 e. The quantitative estimate of drug-likeness (QED) is 0.109. The summed E-state index contributed by atoms with van der Waals surface area (Å²) in [5.74, 6) is 1.17. The van der Waals surface area contributed by atoms with Crippen LogP contribution in [-0.4, -0.2) is 31.3 Å². The number of carbonyl (C=O) groups excluding carboxylic acids is 1. The van der Waals surface area contributed by atoms with E-state index in [1.54, 1.807) is 0 Å². The minimum absolute atomic E-state index is 0.0181. The largest absolute Gasteiger partial charge is 0.425 e. The summed E-state index contributed by atoms with van der Waals surface area (Å²) in [6.07, 6.45) is 22.4. The molecule has 1 aromatic carbocycles. The highest BCUT2D eigenvalue weighted by molar-refractivity contribution is 7.95. The molecule has 202 valence electrons. The maximum absolute atomic E-state index is 11.9. The van der Waals surface area contributed by atoms with Crippen LogP contribution in [-0.2, 0) is 4.79 Å². The van der Waals surface area contributed by atoms with Gasteiger partial charge < -0.3 is 14.8 Å². The van der Waals surface area contributed by atoms with E-state index in [0.717, 1.165) is 24.4 Å². The second-order valence-electron chi connectivity index (χ2n) is 9.95. The molecule has 0 atom stereocenters. The third-order valence-electron chi connectivity index (χ3n) is 6.72. The first-order valence-corrected chi connectivity index (χ1v) is 15.4. The summed E-state index contributed by atoms with van der Waals surface area (Å²) in [4.78, 5) is 11.9. The average Bonchev–Trinajstić information content (AvgIpc) is 2.85. The predicted molar refractivity (Wildman–Crippen MR) is 154 cm³/mol. The minimum Gasteiger partial charge on any atom is -0.425 e. The molecular weight excluding hydrogens is 452 g/mol. The monoisotopic (exact) mass is 506 g/mol. The molecule has 0 spiro atoms. The van der Waals surface area contributed by atoms with Gasteiger partial charge in [-0.15, -0.1) is 0 Å². The maximum atomic E-state index is 11.9. The normalized spacial score (nSPS) is 11.1. The summed E-state index contributed by atoms with van der Waals surface area (Å²) in [5, 5.41) is 6.38. The van der Waals surface area contributed by atoms with E-state index in [-0.39, 0.29) is 5.91 Å². The molecule has 0 fully saturated rings. The Morgan fingerprint density at radius 1 is 0.743 bits per heavy atom. The Morgan fingerprint density at radius 2 is 1.29 bits per heavy atom. The van der Waals surface area contributed by atoms with Gasteiger partial charge in [-0.2, -0.15) is 0 Å². The van der Waals surface area contributed by atoms with E-state index in [1.807, 2.05) is 19.1 Å². The summed E-state index contributed by atoms with van der Waals surface area (Å²) in [7, 11) is 0. The van der Waals surface area contributed by atoms with Gasteiger partial charge in [0.1, 0.15) is 11.5 Å². The Morgan fingerprint density at radius 3 is 1.86 bits per heavy atom. The third-order valence-corrected chi connectivity index (χ3v) is 7.40. The van der Waals surface area contributed by atoms with Gasteiger partial charge in [0, 0.05) is 13.1 Å². The summed E-state index contributed by atoms with van der Waals surface area (Å²) in [6, 6.07) is 5.98. The molecule has 0 saturated heterocycles. The lowest BCUT2D eigenvalue weighted by molar-refractivity contribution is -0.118. The molecule has 2 N–H and O–H groups in total. The van der Waals surface area contributed by atoms with Crippen LogP contribution in [0.1, 0.15) is 121 Å². The van der Waals surface area contributed by atoms with Crippen LogP contribution in [0, 0.1) is 13.8 Å². The van der Waals surface area contributed by atoms with Gasteiger partial charge in [-0.25, -0.2) is 0 Å². The van der Waals surface area contributed by atoms with Crippen molar-refractivity contribution >= 4 is 17.9 Å². The van der Waals surface area contributed by atoms with Crippen molar-refractivity contribution in [3.63, 3.8) is 0 Å². The minimum atomic E-state index is 0.0181. The van der Waals surface area contributed by atoms with Gasteiger partial charge >= 0.3 is 0 Å². The molecule has 0 aromatic heterocycles. The Hall–Kier alpha value is -1.20. The predicted octanol–water partition coefficient (Wildman–Crippen LogP) is 8.30. The molecule has 0 radical (unpaired) electrons. The molecule has 4 nitrogen and oxygen atoms in total. The molecule has 0 unspecified atom stereocenters. The molecule has 0 saturated carbocycles. The lowest BCUT2D eigenvalue weighted by Gasteiger charge is -2.09. The van der Waals surface area contributed by atoms with Crippen LogP contribution >= 0.6 is 12.0 Å². The smallest absolute Gasteiger partial charge is 0.233 e. The van der Waals surface area contributed by atoms with Crippen molar-refractivity contribution in [1.29, 1.82) is 0 Å². The van der Waals surface area contributed by atoms with E-state index in [2.05, 4.69) is 30.5 Å². The third kappa shape index (κ3) is 18.7. The van der Waals surface area contributed by atoms with Crippen molar-refractivity contribution in [3.05, 3.63) is 29.3 Å². The molecule has 5 heteroatoms. The summed E-state index contributed by atoms with van der Waals surface area (Å²) in [5.41, 5.74) is 2.32. The number of hydrogen-bond donors (Lipinski definition) is 2. The van der Waals surface area contributed by atoms with Crippen LogP contribution < -0.4 is 14.8 Å². The molecule has 0 aliphatic heterocycles. The van der Waals surface area contributed by atoms with Crippen LogP contribution in [0.15, 0.2) is 18.2 Å². The van der Waals surface area contributed by atoms with E-state index in [1.165, 1.54) is 120 Å². The van der Waals surface area contributed by atoms with Crippen molar-refractivity contribution < 1.29 is 8.98 Å². The standard InChI is InChI=1S/C30H54N2O2S/c1-4-5-6-7-8-9-10-11-12-13-14-15-16-17-18-19-23-31-24-25-32-30(33)26-35-34-29-22-20-21-27(2)28(29)3/h20-22,31H,4-19,23-26H2,1-3H3,(H,32,33). The van der Waals surface area contributed by atoms with Crippen LogP contribution in [0.4, 0.5) is 0 Å². The Bertz CT molecular complexity index is 639. The first-order chi connectivity index (χ1) is 17.1.